The standard InChI is InChI=1S/C16H24N2O3/c1-3-13-6-4-5-7-15(13)21-16-10-12(11-17-2)8-9-14(16)18(19)20/h8-10,13,15,17H,3-7,11H2,1-2H3. The zero-order valence-electron chi connectivity index (χ0n) is 12.8. The van der Waals surface area contributed by atoms with Gasteiger partial charge in [0.25, 0.3) is 0 Å². The SMILES string of the molecule is CCC1CCCCC1Oc1cc(CNC)ccc1[N+](=O)[O-]. The summed E-state index contributed by atoms with van der Waals surface area (Å²) in [6.07, 6.45) is 5.70. The first-order valence-corrected chi connectivity index (χ1v) is 7.74. The molecule has 0 bridgehead atoms. The molecule has 0 radical (unpaired) electrons. The first kappa shape index (κ1) is 15.8. The summed E-state index contributed by atoms with van der Waals surface area (Å²) in [4.78, 5) is 10.8. The molecular weight excluding hydrogens is 268 g/mol. The fourth-order valence-corrected chi connectivity index (χ4v) is 3.08. The molecule has 0 spiro atoms. The lowest BCUT2D eigenvalue weighted by atomic mass is 9.85. The lowest BCUT2D eigenvalue weighted by molar-refractivity contribution is -0.386. The molecule has 21 heavy (non-hydrogen) atoms. The quantitative estimate of drug-likeness (QED) is 0.642. The lowest BCUT2D eigenvalue weighted by Crippen LogP contribution is -2.30. The summed E-state index contributed by atoms with van der Waals surface area (Å²) in [5.41, 5.74) is 1.07. The Kier molecular flexibility index (Phi) is 5.56. The second kappa shape index (κ2) is 7.41. The van der Waals surface area contributed by atoms with Crippen molar-refractivity contribution in [2.75, 3.05) is 7.05 Å². The van der Waals surface area contributed by atoms with E-state index in [1.165, 1.54) is 6.42 Å². The fraction of sp³-hybridized carbons (Fsp3) is 0.625. The van der Waals surface area contributed by atoms with Gasteiger partial charge in [-0.3, -0.25) is 10.1 Å². The van der Waals surface area contributed by atoms with Gasteiger partial charge in [-0.2, -0.15) is 0 Å². The van der Waals surface area contributed by atoms with Crippen LogP contribution in [0.2, 0.25) is 0 Å². The average Bonchev–Trinajstić information content (AvgIpc) is 2.48. The van der Waals surface area contributed by atoms with Crippen LogP contribution in [0, 0.1) is 16.0 Å². The first-order valence-electron chi connectivity index (χ1n) is 7.74. The molecule has 1 aliphatic rings. The van der Waals surface area contributed by atoms with Gasteiger partial charge in [0.2, 0.25) is 0 Å². The monoisotopic (exact) mass is 292 g/mol. The Labute approximate surface area is 125 Å². The third-order valence-corrected chi connectivity index (χ3v) is 4.24. The minimum Gasteiger partial charge on any atom is -0.483 e. The molecule has 2 rings (SSSR count). The Morgan fingerprint density at radius 3 is 2.81 bits per heavy atom. The first-order chi connectivity index (χ1) is 10.2. The predicted molar refractivity (Wildman–Crippen MR) is 82.5 cm³/mol. The number of nitro benzene ring substituents is 1. The van der Waals surface area contributed by atoms with E-state index in [1.807, 2.05) is 7.05 Å². The third kappa shape index (κ3) is 3.94. The molecular formula is C16H24N2O3. The van der Waals surface area contributed by atoms with E-state index in [-0.39, 0.29) is 16.7 Å². The number of nitrogens with zero attached hydrogens (tertiary/aromatic N) is 1. The molecule has 0 aliphatic heterocycles. The molecule has 5 heteroatoms. The molecule has 1 aliphatic carbocycles. The van der Waals surface area contributed by atoms with Crippen LogP contribution < -0.4 is 10.1 Å². The Hall–Kier alpha value is -1.62. The van der Waals surface area contributed by atoms with Crippen LogP contribution in [0.4, 0.5) is 5.69 Å². The summed E-state index contributed by atoms with van der Waals surface area (Å²) in [5.74, 6) is 0.921. The molecule has 0 saturated heterocycles. The Morgan fingerprint density at radius 2 is 2.14 bits per heavy atom. The minimum absolute atomic E-state index is 0.0651. The maximum absolute atomic E-state index is 11.2. The molecule has 1 fully saturated rings. The molecule has 0 heterocycles. The van der Waals surface area contributed by atoms with Crippen LogP contribution >= 0.6 is 0 Å². The van der Waals surface area contributed by atoms with Crippen LogP contribution in [0.15, 0.2) is 18.2 Å². The molecule has 5 nitrogen and oxygen atoms in total. The van der Waals surface area contributed by atoms with Crippen LogP contribution in [0.25, 0.3) is 0 Å². The molecule has 0 amide bonds. The highest BCUT2D eigenvalue weighted by atomic mass is 16.6. The maximum atomic E-state index is 11.2. The number of hydrogen-bond donors (Lipinski definition) is 1. The molecule has 1 saturated carbocycles. The van der Waals surface area contributed by atoms with Gasteiger partial charge in [-0.05, 0) is 50.3 Å². The van der Waals surface area contributed by atoms with E-state index in [1.54, 1.807) is 18.2 Å². The Morgan fingerprint density at radius 1 is 1.38 bits per heavy atom. The zero-order valence-corrected chi connectivity index (χ0v) is 12.8. The van der Waals surface area contributed by atoms with Crippen molar-refractivity contribution >= 4 is 5.69 Å². The van der Waals surface area contributed by atoms with Crippen molar-refractivity contribution in [1.82, 2.24) is 5.32 Å². The van der Waals surface area contributed by atoms with Gasteiger partial charge < -0.3 is 10.1 Å². The van der Waals surface area contributed by atoms with Crippen LogP contribution in [-0.2, 0) is 6.54 Å². The van der Waals surface area contributed by atoms with Gasteiger partial charge in [-0.1, -0.05) is 19.4 Å². The second-order valence-electron chi connectivity index (χ2n) is 5.70. The van der Waals surface area contributed by atoms with Crippen LogP contribution in [0.3, 0.4) is 0 Å². The van der Waals surface area contributed by atoms with Gasteiger partial charge in [0.05, 0.1) is 4.92 Å². The molecule has 0 aromatic heterocycles. The van der Waals surface area contributed by atoms with Crippen LogP contribution in [0.5, 0.6) is 5.75 Å². The van der Waals surface area contributed by atoms with Gasteiger partial charge in [0.15, 0.2) is 5.75 Å². The molecule has 2 atom stereocenters. The highest BCUT2D eigenvalue weighted by Crippen LogP contribution is 2.35. The van der Waals surface area contributed by atoms with E-state index in [0.29, 0.717) is 18.2 Å². The Bertz CT molecular complexity index is 490. The molecule has 1 aromatic rings. The third-order valence-electron chi connectivity index (χ3n) is 4.24. The predicted octanol–water partition coefficient (Wildman–Crippen LogP) is 3.66. The van der Waals surface area contributed by atoms with Gasteiger partial charge in [0.1, 0.15) is 6.10 Å². The molecule has 2 unspecified atom stereocenters. The summed E-state index contributed by atoms with van der Waals surface area (Å²) in [7, 11) is 1.86. The van der Waals surface area contributed by atoms with E-state index in [9.17, 15) is 10.1 Å². The van der Waals surface area contributed by atoms with Gasteiger partial charge in [-0.15, -0.1) is 0 Å². The number of benzene rings is 1. The number of ether oxygens (including phenoxy) is 1. The van der Waals surface area contributed by atoms with Crippen molar-refractivity contribution in [3.63, 3.8) is 0 Å². The second-order valence-corrected chi connectivity index (χ2v) is 5.70. The smallest absolute Gasteiger partial charge is 0.310 e. The maximum Gasteiger partial charge on any atom is 0.310 e. The molecule has 1 aromatic carbocycles. The summed E-state index contributed by atoms with van der Waals surface area (Å²) in [6.45, 7) is 2.84. The van der Waals surface area contributed by atoms with E-state index >= 15 is 0 Å². The van der Waals surface area contributed by atoms with E-state index in [4.69, 9.17) is 4.74 Å². The summed E-state index contributed by atoms with van der Waals surface area (Å²) >= 11 is 0. The summed E-state index contributed by atoms with van der Waals surface area (Å²) in [5, 5.41) is 14.3. The molecule has 1 N–H and O–H groups in total. The van der Waals surface area contributed by atoms with Crippen molar-refractivity contribution in [3.05, 3.63) is 33.9 Å². The van der Waals surface area contributed by atoms with Gasteiger partial charge >= 0.3 is 5.69 Å². The summed E-state index contributed by atoms with van der Waals surface area (Å²) in [6, 6.07) is 5.13. The van der Waals surface area contributed by atoms with Crippen LogP contribution in [-0.4, -0.2) is 18.1 Å². The van der Waals surface area contributed by atoms with Crippen molar-refractivity contribution in [2.24, 2.45) is 5.92 Å². The van der Waals surface area contributed by atoms with Crippen molar-refractivity contribution < 1.29 is 9.66 Å². The van der Waals surface area contributed by atoms with Crippen molar-refractivity contribution in [1.29, 1.82) is 0 Å². The van der Waals surface area contributed by atoms with Gasteiger partial charge in [0, 0.05) is 12.6 Å². The number of nitrogens with one attached hydrogen (secondary N) is 1. The highest BCUT2D eigenvalue weighted by Gasteiger charge is 2.27. The Balaban J connectivity index is 2.23. The number of rotatable bonds is 6. The average molecular weight is 292 g/mol. The minimum atomic E-state index is -0.359. The normalized spacial score (nSPS) is 22.0. The fourth-order valence-electron chi connectivity index (χ4n) is 3.08. The highest BCUT2D eigenvalue weighted by molar-refractivity contribution is 5.48. The number of nitro groups is 1. The largest absolute Gasteiger partial charge is 0.483 e. The zero-order chi connectivity index (χ0) is 15.2. The van der Waals surface area contributed by atoms with E-state index in [2.05, 4.69) is 12.2 Å². The molecule has 116 valence electrons. The van der Waals surface area contributed by atoms with E-state index in [0.717, 1.165) is 31.2 Å². The van der Waals surface area contributed by atoms with Crippen molar-refractivity contribution in [3.8, 4) is 5.75 Å². The van der Waals surface area contributed by atoms with E-state index < -0.39 is 0 Å². The van der Waals surface area contributed by atoms with Crippen molar-refractivity contribution in [2.45, 2.75) is 51.7 Å². The summed E-state index contributed by atoms with van der Waals surface area (Å²) < 4.78 is 6.07. The van der Waals surface area contributed by atoms with Gasteiger partial charge in [-0.25, -0.2) is 0 Å². The lowest BCUT2D eigenvalue weighted by Gasteiger charge is -2.31. The topological polar surface area (TPSA) is 64.4 Å². The number of hydrogen-bond acceptors (Lipinski definition) is 4. The van der Waals surface area contributed by atoms with Crippen LogP contribution in [0.1, 0.15) is 44.6 Å².